The number of carboxylic acid groups (broad SMARTS) is 1. The number of carbonyl (C=O) groups is 2. The van der Waals surface area contributed by atoms with Gasteiger partial charge in [-0.2, -0.15) is 0 Å². The Labute approximate surface area is 122 Å². The zero-order chi connectivity index (χ0) is 14.8. The molecule has 5 nitrogen and oxygen atoms in total. The van der Waals surface area contributed by atoms with E-state index >= 15 is 0 Å². The maximum Gasteiger partial charge on any atom is 0.306 e. The molecule has 1 aliphatic carbocycles. The monoisotopic (exact) mass is 284 g/mol. The molecule has 1 heterocycles. The van der Waals surface area contributed by atoms with E-state index in [1.165, 1.54) is 0 Å². The number of fused-ring (bicyclic) bond motifs is 1. The molecular weight excluding hydrogens is 268 g/mol. The molecule has 2 atom stereocenters. The van der Waals surface area contributed by atoms with Gasteiger partial charge in [0.15, 0.2) is 0 Å². The molecule has 2 aromatic rings. The Morgan fingerprint density at radius 1 is 1.24 bits per heavy atom. The highest BCUT2D eigenvalue weighted by Crippen LogP contribution is 2.26. The first-order valence-electron chi connectivity index (χ1n) is 7.02. The lowest BCUT2D eigenvalue weighted by molar-refractivity contribution is -0.141. The molecule has 108 valence electrons. The number of carboxylic acids is 1. The number of hydrogen-bond acceptors (Lipinski definition) is 3. The number of carbonyl (C=O) groups excluding carboxylic acids is 1. The van der Waals surface area contributed by atoms with Crippen molar-refractivity contribution in [2.24, 2.45) is 5.92 Å². The van der Waals surface area contributed by atoms with E-state index in [-0.39, 0.29) is 17.9 Å². The van der Waals surface area contributed by atoms with Crippen molar-refractivity contribution in [3.8, 4) is 0 Å². The number of aromatic nitrogens is 1. The summed E-state index contributed by atoms with van der Waals surface area (Å²) in [6.07, 6.45) is 3.57. The van der Waals surface area contributed by atoms with Crippen LogP contribution in [0.4, 0.5) is 0 Å². The number of rotatable bonds is 3. The van der Waals surface area contributed by atoms with Crippen LogP contribution in [0.1, 0.15) is 29.6 Å². The molecule has 2 N–H and O–H groups in total. The van der Waals surface area contributed by atoms with Crippen molar-refractivity contribution in [2.75, 3.05) is 0 Å². The van der Waals surface area contributed by atoms with Crippen molar-refractivity contribution in [1.82, 2.24) is 10.3 Å². The SMILES string of the molecule is O=C(N[C@@H]1CC[C@H](C(=O)O)C1)c1ccc2ncccc2c1. The second kappa shape index (κ2) is 5.52. The largest absolute Gasteiger partial charge is 0.481 e. The number of benzene rings is 1. The number of nitrogens with zero attached hydrogens (tertiary/aromatic N) is 1. The highest BCUT2D eigenvalue weighted by atomic mass is 16.4. The average Bonchev–Trinajstić information content (AvgIpc) is 2.95. The summed E-state index contributed by atoms with van der Waals surface area (Å²) < 4.78 is 0. The van der Waals surface area contributed by atoms with Gasteiger partial charge in [-0.05, 0) is 43.5 Å². The normalized spacial score (nSPS) is 21.3. The van der Waals surface area contributed by atoms with Crippen molar-refractivity contribution >= 4 is 22.8 Å². The van der Waals surface area contributed by atoms with Crippen molar-refractivity contribution < 1.29 is 14.7 Å². The molecule has 1 aliphatic rings. The number of nitrogens with one attached hydrogen (secondary N) is 1. The molecule has 0 spiro atoms. The first kappa shape index (κ1) is 13.5. The Kier molecular flexibility index (Phi) is 3.56. The summed E-state index contributed by atoms with van der Waals surface area (Å²) in [4.78, 5) is 27.4. The molecule has 0 bridgehead atoms. The summed E-state index contributed by atoms with van der Waals surface area (Å²) in [7, 11) is 0. The molecule has 1 saturated carbocycles. The van der Waals surface area contributed by atoms with E-state index in [4.69, 9.17) is 5.11 Å². The van der Waals surface area contributed by atoms with Gasteiger partial charge in [-0.25, -0.2) is 0 Å². The number of pyridine rings is 1. The Morgan fingerprint density at radius 3 is 2.86 bits per heavy atom. The van der Waals surface area contributed by atoms with Gasteiger partial charge in [0.25, 0.3) is 5.91 Å². The maximum absolute atomic E-state index is 12.2. The van der Waals surface area contributed by atoms with Gasteiger partial charge in [-0.15, -0.1) is 0 Å². The Bertz CT molecular complexity index is 699. The van der Waals surface area contributed by atoms with Crippen LogP contribution in [-0.4, -0.2) is 28.0 Å². The molecule has 5 heteroatoms. The van der Waals surface area contributed by atoms with Crippen LogP contribution in [0.5, 0.6) is 0 Å². The van der Waals surface area contributed by atoms with Crippen LogP contribution in [0.2, 0.25) is 0 Å². The molecule has 21 heavy (non-hydrogen) atoms. The predicted molar refractivity (Wildman–Crippen MR) is 78.0 cm³/mol. The standard InChI is InChI=1S/C16H16N2O3/c19-15(18-13-5-3-12(9-13)16(20)21)11-4-6-14-10(8-11)2-1-7-17-14/h1-2,4,6-8,12-13H,3,5,9H2,(H,18,19)(H,20,21)/t12-,13+/m0/s1. The van der Waals surface area contributed by atoms with Crippen LogP contribution >= 0.6 is 0 Å². The van der Waals surface area contributed by atoms with Crippen LogP contribution in [0.3, 0.4) is 0 Å². The third-order valence-electron chi connectivity index (χ3n) is 3.98. The lowest BCUT2D eigenvalue weighted by Crippen LogP contribution is -2.33. The smallest absolute Gasteiger partial charge is 0.306 e. The van der Waals surface area contributed by atoms with E-state index in [1.807, 2.05) is 18.2 Å². The van der Waals surface area contributed by atoms with E-state index in [1.54, 1.807) is 18.3 Å². The summed E-state index contributed by atoms with van der Waals surface area (Å²) in [5.41, 5.74) is 1.43. The van der Waals surface area contributed by atoms with Crippen LogP contribution < -0.4 is 5.32 Å². The van der Waals surface area contributed by atoms with Crippen LogP contribution in [0, 0.1) is 5.92 Å². The van der Waals surface area contributed by atoms with Gasteiger partial charge in [-0.3, -0.25) is 14.6 Å². The third-order valence-corrected chi connectivity index (χ3v) is 3.98. The van der Waals surface area contributed by atoms with E-state index in [9.17, 15) is 9.59 Å². The molecule has 0 unspecified atom stereocenters. The van der Waals surface area contributed by atoms with Crippen molar-refractivity contribution in [3.05, 3.63) is 42.1 Å². The second-order valence-corrected chi connectivity index (χ2v) is 5.43. The molecule has 0 saturated heterocycles. The first-order chi connectivity index (χ1) is 10.1. The first-order valence-corrected chi connectivity index (χ1v) is 7.02. The zero-order valence-corrected chi connectivity index (χ0v) is 11.5. The summed E-state index contributed by atoms with van der Waals surface area (Å²) in [5.74, 6) is -1.27. The summed E-state index contributed by atoms with van der Waals surface area (Å²) in [5, 5.41) is 12.8. The molecule has 0 aliphatic heterocycles. The van der Waals surface area contributed by atoms with Gasteiger partial charge in [-0.1, -0.05) is 6.07 Å². The fourth-order valence-corrected chi connectivity index (χ4v) is 2.82. The minimum absolute atomic E-state index is 0.0526. The lowest BCUT2D eigenvalue weighted by Gasteiger charge is -2.12. The van der Waals surface area contributed by atoms with E-state index < -0.39 is 5.97 Å². The van der Waals surface area contributed by atoms with Crippen molar-refractivity contribution in [3.63, 3.8) is 0 Å². The average molecular weight is 284 g/mol. The van der Waals surface area contributed by atoms with Gasteiger partial charge in [0.05, 0.1) is 11.4 Å². The minimum Gasteiger partial charge on any atom is -0.481 e. The highest BCUT2D eigenvalue weighted by Gasteiger charge is 2.30. The lowest BCUT2D eigenvalue weighted by atomic mass is 10.1. The maximum atomic E-state index is 12.2. The molecule has 1 amide bonds. The Balaban J connectivity index is 1.71. The van der Waals surface area contributed by atoms with Gasteiger partial charge in [0.1, 0.15) is 0 Å². The Hall–Kier alpha value is -2.43. The van der Waals surface area contributed by atoms with E-state index in [2.05, 4.69) is 10.3 Å². The zero-order valence-electron chi connectivity index (χ0n) is 11.5. The van der Waals surface area contributed by atoms with Crippen molar-refractivity contribution in [1.29, 1.82) is 0 Å². The van der Waals surface area contributed by atoms with Gasteiger partial charge in [0, 0.05) is 23.2 Å². The van der Waals surface area contributed by atoms with Crippen LogP contribution in [-0.2, 0) is 4.79 Å². The molecule has 3 rings (SSSR count). The highest BCUT2D eigenvalue weighted by molar-refractivity contribution is 5.98. The van der Waals surface area contributed by atoms with Crippen molar-refractivity contribution in [2.45, 2.75) is 25.3 Å². The number of aliphatic carboxylic acids is 1. The number of hydrogen-bond donors (Lipinski definition) is 2. The van der Waals surface area contributed by atoms with Gasteiger partial charge < -0.3 is 10.4 Å². The van der Waals surface area contributed by atoms with E-state index in [0.29, 0.717) is 18.4 Å². The summed E-state index contributed by atoms with van der Waals surface area (Å²) >= 11 is 0. The molecule has 1 aromatic heterocycles. The van der Waals surface area contributed by atoms with Gasteiger partial charge >= 0.3 is 5.97 Å². The topological polar surface area (TPSA) is 79.3 Å². The Morgan fingerprint density at radius 2 is 2.10 bits per heavy atom. The quantitative estimate of drug-likeness (QED) is 0.905. The minimum atomic E-state index is -0.775. The molecule has 0 radical (unpaired) electrons. The van der Waals surface area contributed by atoms with Gasteiger partial charge in [0.2, 0.25) is 0 Å². The molecule has 1 aromatic carbocycles. The molecular formula is C16H16N2O3. The fraction of sp³-hybridized carbons (Fsp3) is 0.312. The van der Waals surface area contributed by atoms with E-state index in [0.717, 1.165) is 17.3 Å². The number of amides is 1. The summed E-state index contributed by atoms with van der Waals surface area (Å²) in [6.45, 7) is 0. The fourth-order valence-electron chi connectivity index (χ4n) is 2.82. The van der Waals surface area contributed by atoms with Crippen LogP contribution in [0.25, 0.3) is 10.9 Å². The second-order valence-electron chi connectivity index (χ2n) is 5.43. The predicted octanol–water partition coefficient (Wildman–Crippen LogP) is 2.22. The molecule has 1 fully saturated rings. The van der Waals surface area contributed by atoms with Crippen LogP contribution in [0.15, 0.2) is 36.5 Å². The third kappa shape index (κ3) is 2.86. The summed E-state index contributed by atoms with van der Waals surface area (Å²) in [6, 6.07) is 9.06.